The molecule has 0 aromatic carbocycles. The molecular weight excluding hydrogens is 222 g/mol. The van der Waals surface area contributed by atoms with Crippen LogP contribution in [0.1, 0.15) is 57.6 Å². The molecular formula is C12H20ClN3. The summed E-state index contributed by atoms with van der Waals surface area (Å²) in [5, 5.41) is 5.06. The van der Waals surface area contributed by atoms with Gasteiger partial charge in [-0.05, 0) is 26.7 Å². The number of rotatable bonds is 2. The zero-order valence-electron chi connectivity index (χ0n) is 10.0. The molecule has 4 heteroatoms. The van der Waals surface area contributed by atoms with Gasteiger partial charge in [-0.25, -0.2) is 0 Å². The van der Waals surface area contributed by atoms with Crippen LogP contribution < -0.4 is 5.73 Å². The monoisotopic (exact) mass is 241 g/mol. The largest absolute Gasteiger partial charge is 0.321 e. The molecule has 2 rings (SSSR count). The van der Waals surface area contributed by atoms with Gasteiger partial charge in [0.2, 0.25) is 0 Å². The van der Waals surface area contributed by atoms with E-state index in [1.54, 1.807) is 0 Å². The Balaban J connectivity index is 2.32. The fourth-order valence-corrected chi connectivity index (χ4v) is 2.97. The predicted molar refractivity (Wildman–Crippen MR) is 66.6 cm³/mol. The lowest BCUT2D eigenvalue weighted by Crippen LogP contribution is -2.38. The highest BCUT2D eigenvalue weighted by molar-refractivity contribution is 6.30. The second kappa shape index (κ2) is 4.38. The standard InChI is InChI=1S/C12H20ClN3/c1-9(2)16-11(13)10(8-15-16)12(14)6-4-3-5-7-12/h8-9H,3-7,14H2,1-2H3. The molecule has 0 atom stereocenters. The van der Waals surface area contributed by atoms with Crippen LogP contribution in [0.4, 0.5) is 0 Å². The molecule has 16 heavy (non-hydrogen) atoms. The van der Waals surface area contributed by atoms with Crippen LogP contribution >= 0.6 is 11.6 Å². The number of hydrogen-bond donors (Lipinski definition) is 1. The van der Waals surface area contributed by atoms with Crippen LogP contribution in [0.15, 0.2) is 6.20 Å². The highest BCUT2D eigenvalue weighted by atomic mass is 35.5. The van der Waals surface area contributed by atoms with E-state index in [9.17, 15) is 0 Å². The van der Waals surface area contributed by atoms with Gasteiger partial charge in [0.1, 0.15) is 5.15 Å². The summed E-state index contributed by atoms with van der Waals surface area (Å²) >= 11 is 6.36. The van der Waals surface area contributed by atoms with E-state index in [-0.39, 0.29) is 11.6 Å². The lowest BCUT2D eigenvalue weighted by atomic mass is 9.79. The Labute approximate surface area is 102 Å². The Hall–Kier alpha value is -0.540. The minimum Gasteiger partial charge on any atom is -0.321 e. The van der Waals surface area contributed by atoms with Gasteiger partial charge in [0.05, 0.1) is 6.20 Å². The molecule has 1 heterocycles. The summed E-state index contributed by atoms with van der Waals surface area (Å²) in [6.45, 7) is 4.15. The molecule has 90 valence electrons. The van der Waals surface area contributed by atoms with E-state index < -0.39 is 0 Å². The summed E-state index contributed by atoms with van der Waals surface area (Å²) in [4.78, 5) is 0. The topological polar surface area (TPSA) is 43.8 Å². The van der Waals surface area contributed by atoms with Crippen LogP contribution in [-0.4, -0.2) is 9.78 Å². The number of halogens is 1. The van der Waals surface area contributed by atoms with Gasteiger partial charge in [0, 0.05) is 17.1 Å². The van der Waals surface area contributed by atoms with Gasteiger partial charge in [-0.2, -0.15) is 5.10 Å². The van der Waals surface area contributed by atoms with Crippen molar-refractivity contribution in [3.63, 3.8) is 0 Å². The van der Waals surface area contributed by atoms with Crippen molar-refractivity contribution in [1.82, 2.24) is 9.78 Å². The molecule has 0 amide bonds. The molecule has 3 nitrogen and oxygen atoms in total. The maximum atomic E-state index is 6.46. The quantitative estimate of drug-likeness (QED) is 0.864. The fraction of sp³-hybridized carbons (Fsp3) is 0.750. The van der Waals surface area contributed by atoms with Crippen molar-refractivity contribution in [2.75, 3.05) is 0 Å². The third-order valence-corrected chi connectivity index (χ3v) is 3.88. The molecule has 0 spiro atoms. The summed E-state index contributed by atoms with van der Waals surface area (Å²) < 4.78 is 1.85. The van der Waals surface area contributed by atoms with E-state index in [1.165, 1.54) is 19.3 Å². The van der Waals surface area contributed by atoms with Gasteiger partial charge in [-0.15, -0.1) is 0 Å². The summed E-state index contributed by atoms with van der Waals surface area (Å²) in [5.41, 5.74) is 7.24. The van der Waals surface area contributed by atoms with E-state index >= 15 is 0 Å². The first-order valence-electron chi connectivity index (χ1n) is 6.07. The zero-order valence-corrected chi connectivity index (χ0v) is 10.8. The highest BCUT2D eigenvalue weighted by Gasteiger charge is 2.33. The fourth-order valence-electron chi connectivity index (χ4n) is 2.49. The third kappa shape index (κ3) is 1.98. The zero-order chi connectivity index (χ0) is 11.8. The predicted octanol–water partition coefficient (Wildman–Crippen LogP) is 3.24. The summed E-state index contributed by atoms with van der Waals surface area (Å²) in [7, 11) is 0. The molecule has 0 bridgehead atoms. The van der Waals surface area contributed by atoms with Crippen LogP contribution in [0, 0.1) is 0 Å². The van der Waals surface area contributed by atoms with E-state index in [0.717, 1.165) is 23.6 Å². The van der Waals surface area contributed by atoms with Gasteiger partial charge in [-0.1, -0.05) is 30.9 Å². The van der Waals surface area contributed by atoms with Crippen LogP contribution in [-0.2, 0) is 5.54 Å². The number of nitrogens with zero attached hydrogens (tertiary/aromatic N) is 2. The van der Waals surface area contributed by atoms with Crippen molar-refractivity contribution in [1.29, 1.82) is 0 Å². The molecule has 2 N–H and O–H groups in total. The van der Waals surface area contributed by atoms with Crippen molar-refractivity contribution < 1.29 is 0 Å². The first kappa shape index (κ1) is 11.9. The maximum absolute atomic E-state index is 6.46. The Morgan fingerprint density at radius 3 is 2.50 bits per heavy atom. The molecule has 1 aromatic heterocycles. The van der Waals surface area contributed by atoms with Crippen LogP contribution in [0.3, 0.4) is 0 Å². The van der Waals surface area contributed by atoms with Crippen LogP contribution in [0.2, 0.25) is 5.15 Å². The molecule has 0 saturated heterocycles. The molecule has 1 fully saturated rings. The van der Waals surface area contributed by atoms with Crippen molar-refractivity contribution in [3.05, 3.63) is 16.9 Å². The van der Waals surface area contributed by atoms with Crippen LogP contribution in [0.25, 0.3) is 0 Å². The third-order valence-electron chi connectivity index (χ3n) is 3.51. The second-order valence-corrected chi connectivity index (χ2v) is 5.46. The molecule has 0 radical (unpaired) electrons. The first-order chi connectivity index (χ1) is 7.54. The Kier molecular flexibility index (Phi) is 3.27. The van der Waals surface area contributed by atoms with Gasteiger partial charge in [0.25, 0.3) is 0 Å². The second-order valence-electron chi connectivity index (χ2n) is 5.10. The maximum Gasteiger partial charge on any atom is 0.132 e. The van der Waals surface area contributed by atoms with E-state index in [2.05, 4.69) is 18.9 Å². The number of aromatic nitrogens is 2. The average molecular weight is 242 g/mol. The van der Waals surface area contributed by atoms with Crippen molar-refractivity contribution in [2.45, 2.75) is 57.5 Å². The average Bonchev–Trinajstić information content (AvgIpc) is 2.62. The summed E-state index contributed by atoms with van der Waals surface area (Å²) in [5.74, 6) is 0. The van der Waals surface area contributed by atoms with Crippen LogP contribution in [0.5, 0.6) is 0 Å². The molecule has 1 aliphatic carbocycles. The van der Waals surface area contributed by atoms with Gasteiger partial charge < -0.3 is 5.73 Å². The molecule has 1 aromatic rings. The Morgan fingerprint density at radius 2 is 2.00 bits per heavy atom. The lowest BCUT2D eigenvalue weighted by molar-refractivity contribution is 0.302. The minimum atomic E-state index is -0.248. The van der Waals surface area contributed by atoms with Crippen molar-refractivity contribution in [3.8, 4) is 0 Å². The number of hydrogen-bond acceptors (Lipinski definition) is 2. The Morgan fingerprint density at radius 1 is 1.38 bits per heavy atom. The Bertz CT molecular complexity index is 364. The van der Waals surface area contributed by atoms with Gasteiger partial charge in [0.15, 0.2) is 0 Å². The normalized spacial score (nSPS) is 20.3. The molecule has 0 aliphatic heterocycles. The SMILES string of the molecule is CC(C)n1ncc(C2(N)CCCCC2)c1Cl. The highest BCUT2D eigenvalue weighted by Crippen LogP contribution is 2.38. The lowest BCUT2D eigenvalue weighted by Gasteiger charge is -2.33. The first-order valence-corrected chi connectivity index (χ1v) is 6.45. The van der Waals surface area contributed by atoms with E-state index in [0.29, 0.717) is 0 Å². The van der Waals surface area contributed by atoms with Gasteiger partial charge >= 0.3 is 0 Å². The molecule has 1 aliphatic rings. The number of nitrogens with two attached hydrogens (primary N) is 1. The van der Waals surface area contributed by atoms with E-state index in [4.69, 9.17) is 17.3 Å². The van der Waals surface area contributed by atoms with Crippen molar-refractivity contribution >= 4 is 11.6 Å². The van der Waals surface area contributed by atoms with Crippen molar-refractivity contribution in [2.24, 2.45) is 5.73 Å². The van der Waals surface area contributed by atoms with Gasteiger partial charge in [-0.3, -0.25) is 4.68 Å². The smallest absolute Gasteiger partial charge is 0.132 e. The molecule has 0 unspecified atom stereocenters. The minimum absolute atomic E-state index is 0.248. The van der Waals surface area contributed by atoms with E-state index in [1.807, 2.05) is 10.9 Å². The summed E-state index contributed by atoms with van der Waals surface area (Å²) in [6.07, 6.45) is 7.58. The molecule has 1 saturated carbocycles. The summed E-state index contributed by atoms with van der Waals surface area (Å²) in [6, 6.07) is 0.286.